The molecule has 0 saturated carbocycles. The minimum absolute atomic E-state index is 0.977. The molecule has 102 valence electrons. The van der Waals surface area contributed by atoms with E-state index in [2.05, 4.69) is 44.2 Å². The van der Waals surface area contributed by atoms with E-state index in [4.69, 9.17) is 4.42 Å². The van der Waals surface area contributed by atoms with Gasteiger partial charge in [0.2, 0.25) is 0 Å². The van der Waals surface area contributed by atoms with Crippen molar-refractivity contribution in [2.75, 3.05) is 0 Å². The Bertz CT molecular complexity index is 647. The second-order valence-electron chi connectivity index (χ2n) is 4.05. The molecule has 0 aliphatic carbocycles. The van der Waals surface area contributed by atoms with Crippen LogP contribution in [0.4, 0.5) is 0 Å². The first-order chi connectivity index (χ1) is 9.25. The topological polar surface area (TPSA) is 13.1 Å². The fourth-order valence-electron chi connectivity index (χ4n) is 2.05. The van der Waals surface area contributed by atoms with Crippen molar-refractivity contribution in [2.45, 2.75) is 41.5 Å². The molecule has 0 N–H and O–H groups in total. The van der Waals surface area contributed by atoms with E-state index in [0.29, 0.717) is 0 Å². The molecule has 0 unspecified atom stereocenters. The molecule has 0 saturated heterocycles. The van der Waals surface area contributed by atoms with Gasteiger partial charge in [0.05, 0.1) is 0 Å². The van der Waals surface area contributed by atoms with E-state index >= 15 is 0 Å². The molecule has 1 heterocycles. The van der Waals surface area contributed by atoms with Gasteiger partial charge in [0, 0.05) is 10.8 Å². The molecule has 3 rings (SSSR count). The summed E-state index contributed by atoms with van der Waals surface area (Å²) in [6.07, 6.45) is 0. The van der Waals surface area contributed by atoms with Gasteiger partial charge in [-0.05, 0) is 31.5 Å². The summed E-state index contributed by atoms with van der Waals surface area (Å²) in [7, 11) is 0. The predicted octanol–water partition coefficient (Wildman–Crippen LogP) is 6.26. The molecule has 0 spiro atoms. The van der Waals surface area contributed by atoms with E-state index in [1.165, 1.54) is 21.9 Å². The van der Waals surface area contributed by atoms with Gasteiger partial charge in [-0.1, -0.05) is 57.5 Å². The van der Waals surface area contributed by atoms with Gasteiger partial charge in [-0.3, -0.25) is 0 Å². The van der Waals surface area contributed by atoms with Crippen LogP contribution in [-0.2, 0) is 0 Å². The third kappa shape index (κ3) is 2.98. The SMILES string of the molecule is CC.CC.Cc1ccc2oc3c(C)cccc3c2c1. The van der Waals surface area contributed by atoms with Gasteiger partial charge in [-0.25, -0.2) is 0 Å². The van der Waals surface area contributed by atoms with E-state index in [9.17, 15) is 0 Å². The van der Waals surface area contributed by atoms with E-state index < -0.39 is 0 Å². The minimum Gasteiger partial charge on any atom is -0.456 e. The summed E-state index contributed by atoms with van der Waals surface area (Å²) in [5.74, 6) is 0. The van der Waals surface area contributed by atoms with E-state index in [-0.39, 0.29) is 0 Å². The number of hydrogen-bond acceptors (Lipinski definition) is 1. The monoisotopic (exact) mass is 256 g/mol. The number of rotatable bonds is 0. The van der Waals surface area contributed by atoms with Crippen LogP contribution in [0.3, 0.4) is 0 Å². The van der Waals surface area contributed by atoms with Gasteiger partial charge in [-0.2, -0.15) is 0 Å². The van der Waals surface area contributed by atoms with E-state index in [1.54, 1.807) is 0 Å². The van der Waals surface area contributed by atoms with Crippen LogP contribution in [0.25, 0.3) is 21.9 Å². The number of aryl methyl sites for hydroxylation is 2. The Morgan fingerprint density at radius 3 is 2.16 bits per heavy atom. The van der Waals surface area contributed by atoms with E-state index in [0.717, 1.165) is 11.2 Å². The fourth-order valence-corrected chi connectivity index (χ4v) is 2.05. The first-order valence-corrected chi connectivity index (χ1v) is 7.14. The summed E-state index contributed by atoms with van der Waals surface area (Å²) < 4.78 is 5.84. The summed E-state index contributed by atoms with van der Waals surface area (Å²) in [6.45, 7) is 12.2. The van der Waals surface area contributed by atoms with Crippen LogP contribution in [-0.4, -0.2) is 0 Å². The number of furan rings is 1. The van der Waals surface area contributed by atoms with Crippen LogP contribution < -0.4 is 0 Å². The Morgan fingerprint density at radius 2 is 1.47 bits per heavy atom. The summed E-state index contributed by atoms with van der Waals surface area (Å²) in [4.78, 5) is 0. The number of fused-ring (bicyclic) bond motifs is 3. The van der Waals surface area contributed by atoms with Crippen LogP contribution >= 0.6 is 0 Å². The maximum Gasteiger partial charge on any atom is 0.138 e. The standard InChI is InChI=1S/C14H12O.2C2H6/c1-9-6-7-13-12(8-9)11-5-3-4-10(2)14(11)15-13;2*1-2/h3-8H,1-2H3;2*1-2H3. The zero-order valence-corrected chi connectivity index (χ0v) is 12.9. The van der Waals surface area contributed by atoms with Crippen molar-refractivity contribution in [3.8, 4) is 0 Å². The Hall–Kier alpha value is -1.76. The van der Waals surface area contributed by atoms with Gasteiger partial charge in [0.1, 0.15) is 11.2 Å². The maximum absolute atomic E-state index is 5.84. The highest BCUT2D eigenvalue weighted by Gasteiger charge is 2.07. The van der Waals surface area contributed by atoms with Gasteiger partial charge in [0.15, 0.2) is 0 Å². The molecule has 1 heteroatoms. The first-order valence-electron chi connectivity index (χ1n) is 7.14. The average Bonchev–Trinajstić information content (AvgIpc) is 2.83. The lowest BCUT2D eigenvalue weighted by atomic mass is 10.1. The molecular formula is C18H24O. The highest BCUT2D eigenvalue weighted by atomic mass is 16.3. The zero-order chi connectivity index (χ0) is 14.4. The van der Waals surface area contributed by atoms with Crippen LogP contribution in [0, 0.1) is 13.8 Å². The molecule has 2 aromatic carbocycles. The number of para-hydroxylation sites is 1. The van der Waals surface area contributed by atoms with Gasteiger partial charge in [0.25, 0.3) is 0 Å². The van der Waals surface area contributed by atoms with Crippen molar-refractivity contribution in [2.24, 2.45) is 0 Å². The molecule has 1 nitrogen and oxygen atoms in total. The predicted molar refractivity (Wildman–Crippen MR) is 85.9 cm³/mol. The number of benzene rings is 2. The molecule has 0 amide bonds. The third-order valence-corrected chi connectivity index (χ3v) is 2.85. The summed E-state index contributed by atoms with van der Waals surface area (Å²) in [5, 5.41) is 2.43. The first kappa shape index (κ1) is 15.3. The molecule has 1 aromatic heterocycles. The van der Waals surface area contributed by atoms with Crippen LogP contribution in [0.15, 0.2) is 40.8 Å². The second kappa shape index (κ2) is 6.98. The van der Waals surface area contributed by atoms with Crippen molar-refractivity contribution in [3.05, 3.63) is 47.5 Å². The highest BCUT2D eigenvalue weighted by molar-refractivity contribution is 6.05. The molecule has 0 aliphatic heterocycles. The van der Waals surface area contributed by atoms with Gasteiger partial charge >= 0.3 is 0 Å². The smallest absolute Gasteiger partial charge is 0.138 e. The van der Waals surface area contributed by atoms with Crippen molar-refractivity contribution in [1.29, 1.82) is 0 Å². The van der Waals surface area contributed by atoms with Crippen molar-refractivity contribution in [3.63, 3.8) is 0 Å². The molecule has 0 radical (unpaired) electrons. The fraction of sp³-hybridized carbons (Fsp3) is 0.333. The average molecular weight is 256 g/mol. The van der Waals surface area contributed by atoms with Crippen LogP contribution in [0.5, 0.6) is 0 Å². The van der Waals surface area contributed by atoms with E-state index in [1.807, 2.05) is 33.8 Å². The largest absolute Gasteiger partial charge is 0.456 e. The molecule has 0 atom stereocenters. The third-order valence-electron chi connectivity index (χ3n) is 2.85. The highest BCUT2D eigenvalue weighted by Crippen LogP contribution is 2.30. The van der Waals surface area contributed by atoms with Crippen molar-refractivity contribution < 1.29 is 4.42 Å². The lowest BCUT2D eigenvalue weighted by molar-refractivity contribution is 0.665. The molecule has 19 heavy (non-hydrogen) atoms. The Balaban J connectivity index is 0.000000415. The summed E-state index contributed by atoms with van der Waals surface area (Å²) in [6, 6.07) is 12.6. The number of hydrogen-bond donors (Lipinski definition) is 0. The van der Waals surface area contributed by atoms with Crippen molar-refractivity contribution >= 4 is 21.9 Å². The Morgan fingerprint density at radius 1 is 0.789 bits per heavy atom. The minimum atomic E-state index is 0.977. The molecule has 0 aliphatic rings. The molecule has 0 fully saturated rings. The Kier molecular flexibility index (Phi) is 5.62. The normalized spacial score (nSPS) is 9.58. The van der Waals surface area contributed by atoms with Crippen LogP contribution in [0.1, 0.15) is 38.8 Å². The maximum atomic E-state index is 5.84. The molecular weight excluding hydrogens is 232 g/mol. The summed E-state index contributed by atoms with van der Waals surface area (Å²) >= 11 is 0. The Labute approximate surface area is 116 Å². The van der Waals surface area contributed by atoms with Crippen LogP contribution in [0.2, 0.25) is 0 Å². The zero-order valence-electron chi connectivity index (χ0n) is 12.9. The van der Waals surface area contributed by atoms with Gasteiger partial charge in [-0.15, -0.1) is 0 Å². The quantitative estimate of drug-likeness (QED) is 0.463. The second-order valence-corrected chi connectivity index (χ2v) is 4.05. The summed E-state index contributed by atoms with van der Waals surface area (Å²) in [5.41, 5.74) is 4.45. The lowest BCUT2D eigenvalue weighted by Crippen LogP contribution is -1.72. The molecule has 3 aromatic rings. The lowest BCUT2D eigenvalue weighted by Gasteiger charge is -1.92. The molecule has 0 bridgehead atoms. The van der Waals surface area contributed by atoms with Crippen molar-refractivity contribution in [1.82, 2.24) is 0 Å². The van der Waals surface area contributed by atoms with Gasteiger partial charge < -0.3 is 4.42 Å².